The van der Waals surface area contributed by atoms with Crippen LogP contribution in [0.2, 0.25) is 0 Å². The molecule has 2 fully saturated rings. The van der Waals surface area contributed by atoms with Crippen molar-refractivity contribution in [2.75, 3.05) is 20.8 Å². The molecule has 1 aliphatic heterocycles. The van der Waals surface area contributed by atoms with E-state index in [0.717, 1.165) is 12.8 Å². The molecule has 0 aromatic rings. The Morgan fingerprint density at radius 3 is 1.70 bits per heavy atom. The summed E-state index contributed by atoms with van der Waals surface area (Å²) in [6.07, 6.45) is 5.43. The number of hydrogen-bond donors (Lipinski definition) is 1. The average molecular weight is 428 g/mol. The van der Waals surface area contributed by atoms with Crippen molar-refractivity contribution in [1.82, 2.24) is 10.2 Å². The predicted octanol–water partition coefficient (Wildman–Crippen LogP) is 2.82. The number of aliphatic imine (C=N–C) groups is 1. The van der Waals surface area contributed by atoms with Crippen molar-refractivity contribution in [3.05, 3.63) is 0 Å². The average Bonchev–Trinajstić information content (AvgIpc) is 2.50. The van der Waals surface area contributed by atoms with Gasteiger partial charge in [0.15, 0.2) is 0 Å². The van der Waals surface area contributed by atoms with Crippen LogP contribution in [0.4, 0.5) is 4.79 Å². The number of amides is 2. The second-order valence-corrected chi connectivity index (χ2v) is 9.23. The van der Waals surface area contributed by atoms with Crippen molar-refractivity contribution in [1.29, 1.82) is 0 Å². The van der Waals surface area contributed by atoms with E-state index in [1.54, 1.807) is 0 Å². The van der Waals surface area contributed by atoms with Crippen LogP contribution in [0.25, 0.3) is 0 Å². The van der Waals surface area contributed by atoms with E-state index < -0.39 is 6.04 Å². The molecule has 0 spiro atoms. The third kappa shape index (κ3) is 11.0. The van der Waals surface area contributed by atoms with Crippen molar-refractivity contribution in [3.8, 4) is 0 Å². The summed E-state index contributed by atoms with van der Waals surface area (Å²) in [4.78, 5) is 48.0. The topological polar surface area (TPSA) is 114 Å². The highest BCUT2D eigenvalue weighted by molar-refractivity contribution is 5.85. The molecular formula is C21H37N3O6. The van der Waals surface area contributed by atoms with E-state index in [2.05, 4.69) is 19.8 Å². The molecule has 1 N–H and O–H groups in total. The van der Waals surface area contributed by atoms with Gasteiger partial charge in [0.05, 0.1) is 25.7 Å². The number of nitrogens with zero attached hydrogens (tertiary/aromatic N) is 2. The van der Waals surface area contributed by atoms with Gasteiger partial charge in [0.25, 0.3) is 0 Å². The number of rotatable bonds is 2. The molecule has 9 heteroatoms. The standard InChI is InChI=1S/C10H18N2O3.C6H10O2.C5H9NO/c1-10(2,3)11-9(14)12-6-5-7(12)8(13)15-4;1-8-6(7)5-3-2-4-5;1-5(2,3)6-4-7/h7H,5-6H2,1-4H3,(H,11,14);5H,2-4H2,1H3;1-3H3/t7-;;/m0../s1. The van der Waals surface area contributed by atoms with Crippen LogP contribution in [-0.4, -0.2) is 66.8 Å². The first-order chi connectivity index (χ1) is 13.8. The fourth-order valence-electron chi connectivity index (χ4n) is 2.35. The summed E-state index contributed by atoms with van der Waals surface area (Å²) in [6.45, 7) is 11.9. The van der Waals surface area contributed by atoms with E-state index in [-0.39, 0.29) is 35.0 Å². The fraction of sp³-hybridized carbons (Fsp3) is 0.810. The Hall–Kier alpha value is -2.41. The van der Waals surface area contributed by atoms with Gasteiger partial charge in [-0.1, -0.05) is 6.42 Å². The van der Waals surface area contributed by atoms with Gasteiger partial charge in [-0.3, -0.25) is 4.79 Å². The lowest BCUT2D eigenvalue weighted by molar-refractivity contribution is -0.150. The highest BCUT2D eigenvalue weighted by Crippen LogP contribution is 2.26. The van der Waals surface area contributed by atoms with Crippen molar-refractivity contribution in [2.45, 2.75) is 84.3 Å². The third-order valence-electron chi connectivity index (χ3n) is 4.26. The summed E-state index contributed by atoms with van der Waals surface area (Å²) in [5, 5.41) is 2.81. The molecule has 1 heterocycles. The van der Waals surface area contributed by atoms with Gasteiger partial charge in [-0.05, 0) is 60.8 Å². The maximum atomic E-state index is 11.7. The number of hydrogen-bond acceptors (Lipinski definition) is 7. The Balaban J connectivity index is 0.000000471. The first kappa shape index (κ1) is 27.6. The van der Waals surface area contributed by atoms with Crippen molar-refractivity contribution in [3.63, 3.8) is 0 Å². The monoisotopic (exact) mass is 427 g/mol. The van der Waals surface area contributed by atoms with Gasteiger partial charge in [0.2, 0.25) is 6.08 Å². The normalized spacial score (nSPS) is 17.9. The molecule has 2 aliphatic rings. The zero-order valence-electron chi connectivity index (χ0n) is 19.5. The third-order valence-corrected chi connectivity index (χ3v) is 4.26. The lowest BCUT2D eigenvalue weighted by Gasteiger charge is -2.40. The molecule has 30 heavy (non-hydrogen) atoms. The van der Waals surface area contributed by atoms with Crippen LogP contribution < -0.4 is 5.32 Å². The summed E-state index contributed by atoms with van der Waals surface area (Å²) in [5.41, 5.74) is -0.533. The molecule has 0 aromatic carbocycles. The van der Waals surface area contributed by atoms with E-state index in [4.69, 9.17) is 0 Å². The van der Waals surface area contributed by atoms with Gasteiger partial charge >= 0.3 is 18.0 Å². The maximum absolute atomic E-state index is 11.7. The van der Waals surface area contributed by atoms with Crippen molar-refractivity contribution in [2.24, 2.45) is 10.9 Å². The van der Waals surface area contributed by atoms with Gasteiger partial charge in [-0.15, -0.1) is 0 Å². The Morgan fingerprint density at radius 1 is 0.967 bits per heavy atom. The summed E-state index contributed by atoms with van der Waals surface area (Å²) in [5.74, 6) is -0.137. The first-order valence-corrected chi connectivity index (χ1v) is 10.1. The van der Waals surface area contributed by atoms with E-state index >= 15 is 0 Å². The van der Waals surface area contributed by atoms with E-state index in [0.29, 0.717) is 13.0 Å². The van der Waals surface area contributed by atoms with Crippen LogP contribution in [0.5, 0.6) is 0 Å². The van der Waals surface area contributed by atoms with E-state index in [9.17, 15) is 19.2 Å². The second kappa shape index (κ2) is 12.3. The number of carbonyl (C=O) groups is 3. The number of isocyanates is 1. The molecule has 1 saturated carbocycles. The zero-order chi connectivity index (χ0) is 23.5. The number of carbonyl (C=O) groups excluding carboxylic acids is 4. The molecule has 1 saturated heterocycles. The van der Waals surface area contributed by atoms with Crippen LogP contribution >= 0.6 is 0 Å². The lowest BCUT2D eigenvalue weighted by Crippen LogP contribution is -2.60. The van der Waals surface area contributed by atoms with Crippen LogP contribution in [0.1, 0.15) is 67.2 Å². The highest BCUT2D eigenvalue weighted by Gasteiger charge is 2.39. The highest BCUT2D eigenvalue weighted by atomic mass is 16.5. The first-order valence-electron chi connectivity index (χ1n) is 10.1. The van der Waals surface area contributed by atoms with Gasteiger partial charge in [0.1, 0.15) is 6.04 Å². The van der Waals surface area contributed by atoms with Crippen LogP contribution in [0.15, 0.2) is 4.99 Å². The molecule has 9 nitrogen and oxygen atoms in total. The number of methoxy groups -OCH3 is 2. The van der Waals surface area contributed by atoms with E-state index in [1.165, 1.54) is 31.6 Å². The van der Waals surface area contributed by atoms with Gasteiger partial charge in [-0.2, -0.15) is 0 Å². The van der Waals surface area contributed by atoms with Crippen molar-refractivity contribution >= 4 is 24.0 Å². The zero-order valence-corrected chi connectivity index (χ0v) is 19.5. The summed E-state index contributed by atoms with van der Waals surface area (Å²) in [7, 11) is 2.78. The van der Waals surface area contributed by atoms with Gasteiger partial charge < -0.3 is 19.7 Å². The predicted molar refractivity (Wildman–Crippen MR) is 113 cm³/mol. The van der Waals surface area contributed by atoms with E-state index in [1.807, 2.05) is 41.5 Å². The smallest absolute Gasteiger partial charge is 0.328 e. The quantitative estimate of drug-likeness (QED) is 0.412. The molecule has 0 unspecified atom stereocenters. The maximum Gasteiger partial charge on any atom is 0.328 e. The number of nitrogens with one attached hydrogen (secondary N) is 1. The molecule has 1 aliphatic carbocycles. The molecule has 2 amide bonds. The largest absolute Gasteiger partial charge is 0.469 e. The summed E-state index contributed by atoms with van der Waals surface area (Å²) in [6, 6.07) is -0.610. The minimum absolute atomic E-state index is 0.0312. The van der Waals surface area contributed by atoms with Crippen molar-refractivity contribution < 1.29 is 28.7 Å². The number of ether oxygens (including phenoxy) is 2. The number of esters is 2. The van der Waals surface area contributed by atoms with Crippen LogP contribution in [0.3, 0.4) is 0 Å². The molecule has 0 aromatic heterocycles. The van der Waals surface area contributed by atoms with Gasteiger partial charge in [0, 0.05) is 12.1 Å². The summed E-state index contributed by atoms with van der Waals surface area (Å²) >= 11 is 0. The molecular weight excluding hydrogens is 390 g/mol. The summed E-state index contributed by atoms with van der Waals surface area (Å²) < 4.78 is 9.12. The fourth-order valence-corrected chi connectivity index (χ4v) is 2.35. The molecule has 0 radical (unpaired) electrons. The lowest BCUT2D eigenvalue weighted by atomic mass is 9.86. The molecule has 2 rings (SSSR count). The van der Waals surface area contributed by atoms with Crippen LogP contribution in [0, 0.1) is 5.92 Å². The molecule has 0 bridgehead atoms. The Labute approximate surface area is 179 Å². The Bertz CT molecular complexity index is 626. The Kier molecular flexibility index (Phi) is 11.3. The Morgan fingerprint density at radius 2 is 1.50 bits per heavy atom. The minimum Gasteiger partial charge on any atom is -0.469 e. The number of likely N-dealkylation sites (tertiary alicyclic amines) is 1. The van der Waals surface area contributed by atoms with Crippen LogP contribution in [-0.2, 0) is 23.9 Å². The molecule has 1 atom stereocenters. The number of urea groups is 1. The SMILES string of the molecule is CC(C)(C)N=C=O.COC(=O)C1CCC1.COC(=O)[C@@H]1CCN1C(=O)NC(C)(C)C. The second-order valence-electron chi connectivity index (χ2n) is 9.23. The minimum atomic E-state index is -0.405. The molecule has 172 valence electrons. The van der Waals surface area contributed by atoms with Gasteiger partial charge in [-0.25, -0.2) is 19.4 Å².